The van der Waals surface area contributed by atoms with E-state index in [0.29, 0.717) is 6.04 Å². The number of hydrogen-bond donors (Lipinski definition) is 1. The smallest absolute Gasteiger partial charge is 0.0343 e. The topological polar surface area (TPSA) is 32.5 Å². The minimum Gasteiger partial charge on any atom is -0.329 e. The molecule has 0 aromatic carbocycles. The zero-order valence-corrected chi connectivity index (χ0v) is 6.88. The Morgan fingerprint density at radius 3 is 2.60 bits per heavy atom. The van der Waals surface area contributed by atoms with Crippen molar-refractivity contribution >= 4 is 0 Å². The summed E-state index contributed by atoms with van der Waals surface area (Å²) in [6.45, 7) is 4.22. The van der Waals surface area contributed by atoms with Gasteiger partial charge in [-0.05, 0) is 14.1 Å². The maximum Gasteiger partial charge on any atom is 0.0343 e. The number of piperazine rings is 1. The second-order valence-electron chi connectivity index (χ2n) is 3.13. The van der Waals surface area contributed by atoms with Crippen LogP contribution in [-0.2, 0) is 0 Å². The second kappa shape index (κ2) is 3.32. The summed E-state index contributed by atoms with van der Waals surface area (Å²) >= 11 is 0. The Morgan fingerprint density at radius 2 is 2.10 bits per heavy atom. The van der Waals surface area contributed by atoms with E-state index in [1.807, 2.05) is 0 Å². The Kier molecular flexibility index (Phi) is 2.65. The van der Waals surface area contributed by atoms with Crippen LogP contribution in [0.1, 0.15) is 0 Å². The summed E-state index contributed by atoms with van der Waals surface area (Å²) in [7, 11) is 4.29. The Bertz CT molecular complexity index is 105. The Balaban J connectivity index is 2.38. The van der Waals surface area contributed by atoms with Crippen molar-refractivity contribution in [2.24, 2.45) is 5.73 Å². The molecule has 0 aromatic heterocycles. The van der Waals surface area contributed by atoms with Crippen LogP contribution in [0.5, 0.6) is 0 Å². The van der Waals surface area contributed by atoms with Gasteiger partial charge in [0.2, 0.25) is 0 Å². The van der Waals surface area contributed by atoms with Crippen LogP contribution in [0, 0.1) is 0 Å². The van der Waals surface area contributed by atoms with Crippen LogP contribution in [0.25, 0.3) is 0 Å². The van der Waals surface area contributed by atoms with Crippen LogP contribution in [0.3, 0.4) is 0 Å². The van der Waals surface area contributed by atoms with Crippen molar-refractivity contribution in [3.8, 4) is 0 Å². The Morgan fingerprint density at radius 1 is 1.40 bits per heavy atom. The van der Waals surface area contributed by atoms with E-state index < -0.39 is 0 Å². The normalized spacial score (nSPS) is 30.9. The van der Waals surface area contributed by atoms with Crippen LogP contribution in [0.2, 0.25) is 0 Å². The van der Waals surface area contributed by atoms with Gasteiger partial charge in [0.05, 0.1) is 0 Å². The molecule has 1 unspecified atom stereocenters. The standard InChI is InChI=1S/C7H17N3/c1-9-3-4-10(2)7(5-8)6-9/h7H,3-6,8H2,1-2H3. The fraction of sp³-hybridized carbons (Fsp3) is 1.00. The van der Waals surface area contributed by atoms with Gasteiger partial charge in [-0.3, -0.25) is 4.90 Å². The van der Waals surface area contributed by atoms with Gasteiger partial charge in [0.1, 0.15) is 0 Å². The summed E-state index contributed by atoms with van der Waals surface area (Å²) in [5, 5.41) is 0. The third-order valence-corrected chi connectivity index (χ3v) is 2.25. The quantitative estimate of drug-likeness (QED) is 0.521. The summed E-state index contributed by atoms with van der Waals surface area (Å²) < 4.78 is 0. The summed E-state index contributed by atoms with van der Waals surface area (Å²) in [5.74, 6) is 0. The molecule has 3 heteroatoms. The summed E-state index contributed by atoms with van der Waals surface area (Å²) in [5.41, 5.74) is 5.59. The largest absolute Gasteiger partial charge is 0.329 e. The lowest BCUT2D eigenvalue weighted by Gasteiger charge is -2.36. The van der Waals surface area contributed by atoms with Crippen molar-refractivity contribution in [3.05, 3.63) is 0 Å². The number of rotatable bonds is 1. The minimum absolute atomic E-state index is 0.568. The zero-order valence-electron chi connectivity index (χ0n) is 6.88. The maximum absolute atomic E-state index is 5.59. The summed E-state index contributed by atoms with van der Waals surface area (Å²) in [6.07, 6.45) is 0. The molecule has 1 aliphatic heterocycles. The van der Waals surface area contributed by atoms with E-state index in [1.165, 1.54) is 6.54 Å². The number of hydrogen-bond acceptors (Lipinski definition) is 3. The van der Waals surface area contributed by atoms with Gasteiger partial charge in [-0.15, -0.1) is 0 Å². The van der Waals surface area contributed by atoms with E-state index in [2.05, 4.69) is 23.9 Å². The molecule has 2 N–H and O–H groups in total. The van der Waals surface area contributed by atoms with Crippen molar-refractivity contribution in [2.45, 2.75) is 6.04 Å². The molecule has 0 amide bonds. The molecule has 60 valence electrons. The molecule has 3 nitrogen and oxygen atoms in total. The van der Waals surface area contributed by atoms with Crippen molar-refractivity contribution in [3.63, 3.8) is 0 Å². The monoisotopic (exact) mass is 143 g/mol. The van der Waals surface area contributed by atoms with Crippen LogP contribution in [0.4, 0.5) is 0 Å². The lowest BCUT2D eigenvalue weighted by Crippen LogP contribution is -2.52. The predicted octanol–water partition coefficient (Wildman–Crippen LogP) is -0.809. The molecule has 1 aliphatic rings. The second-order valence-corrected chi connectivity index (χ2v) is 3.13. The molecule has 1 saturated heterocycles. The van der Waals surface area contributed by atoms with Crippen molar-refractivity contribution in [1.82, 2.24) is 9.80 Å². The zero-order chi connectivity index (χ0) is 7.56. The van der Waals surface area contributed by atoms with E-state index in [1.54, 1.807) is 0 Å². The first-order valence-electron chi connectivity index (χ1n) is 3.83. The maximum atomic E-state index is 5.59. The molecule has 1 fully saturated rings. The highest BCUT2D eigenvalue weighted by molar-refractivity contribution is 4.78. The lowest BCUT2D eigenvalue weighted by atomic mass is 10.2. The van der Waals surface area contributed by atoms with Crippen LogP contribution >= 0.6 is 0 Å². The average Bonchev–Trinajstić information content (AvgIpc) is 1.94. The van der Waals surface area contributed by atoms with E-state index in [0.717, 1.165) is 19.6 Å². The fourth-order valence-electron chi connectivity index (χ4n) is 1.36. The molecular formula is C7H17N3. The van der Waals surface area contributed by atoms with Crippen LogP contribution in [-0.4, -0.2) is 56.1 Å². The fourth-order valence-corrected chi connectivity index (χ4v) is 1.36. The number of likely N-dealkylation sites (N-methyl/N-ethyl adjacent to an activating group) is 2. The highest BCUT2D eigenvalue weighted by Crippen LogP contribution is 2.03. The van der Waals surface area contributed by atoms with E-state index in [9.17, 15) is 0 Å². The van der Waals surface area contributed by atoms with Crippen molar-refractivity contribution in [2.75, 3.05) is 40.3 Å². The van der Waals surface area contributed by atoms with Crippen molar-refractivity contribution in [1.29, 1.82) is 0 Å². The molecule has 1 atom stereocenters. The van der Waals surface area contributed by atoms with Crippen LogP contribution in [0.15, 0.2) is 0 Å². The molecule has 0 aromatic rings. The SMILES string of the molecule is CN1CCN(C)C(CN)C1. The average molecular weight is 143 g/mol. The molecule has 1 heterocycles. The lowest BCUT2D eigenvalue weighted by molar-refractivity contribution is 0.119. The molecule has 0 saturated carbocycles. The van der Waals surface area contributed by atoms with Gasteiger partial charge >= 0.3 is 0 Å². The van der Waals surface area contributed by atoms with Gasteiger partial charge in [0.25, 0.3) is 0 Å². The first-order valence-corrected chi connectivity index (χ1v) is 3.83. The predicted molar refractivity (Wildman–Crippen MR) is 43.0 cm³/mol. The third-order valence-electron chi connectivity index (χ3n) is 2.25. The van der Waals surface area contributed by atoms with Crippen LogP contribution < -0.4 is 5.73 Å². The van der Waals surface area contributed by atoms with E-state index in [4.69, 9.17) is 5.73 Å². The molecule has 1 rings (SSSR count). The van der Waals surface area contributed by atoms with Gasteiger partial charge in [-0.2, -0.15) is 0 Å². The molecule has 0 spiro atoms. The third kappa shape index (κ3) is 1.68. The number of nitrogens with two attached hydrogens (primary N) is 1. The Labute approximate surface area is 62.8 Å². The number of nitrogens with zero attached hydrogens (tertiary/aromatic N) is 2. The first kappa shape index (κ1) is 7.98. The minimum atomic E-state index is 0.568. The van der Waals surface area contributed by atoms with Gasteiger partial charge in [0.15, 0.2) is 0 Å². The van der Waals surface area contributed by atoms with Gasteiger partial charge in [0, 0.05) is 32.2 Å². The van der Waals surface area contributed by atoms with E-state index >= 15 is 0 Å². The van der Waals surface area contributed by atoms with E-state index in [-0.39, 0.29) is 0 Å². The molecule has 0 aliphatic carbocycles. The molecule has 0 bridgehead atoms. The summed E-state index contributed by atoms with van der Waals surface area (Å²) in [4.78, 5) is 4.66. The first-order chi connectivity index (χ1) is 4.74. The molecular weight excluding hydrogens is 126 g/mol. The van der Waals surface area contributed by atoms with Gasteiger partial charge < -0.3 is 10.6 Å². The molecule has 10 heavy (non-hydrogen) atoms. The molecule has 0 radical (unpaired) electrons. The van der Waals surface area contributed by atoms with Crippen molar-refractivity contribution < 1.29 is 0 Å². The highest BCUT2D eigenvalue weighted by atomic mass is 15.3. The summed E-state index contributed by atoms with van der Waals surface area (Å²) in [6, 6.07) is 0.568. The van der Waals surface area contributed by atoms with Gasteiger partial charge in [-0.1, -0.05) is 0 Å². The van der Waals surface area contributed by atoms with Gasteiger partial charge in [-0.25, -0.2) is 0 Å². The Hall–Kier alpha value is -0.120. The highest BCUT2D eigenvalue weighted by Gasteiger charge is 2.19.